The van der Waals surface area contributed by atoms with E-state index in [9.17, 15) is 18.4 Å². The molecule has 0 bridgehead atoms. The molecular formula is C34H52F2O4. The largest absolute Gasteiger partial charge is 0.460 e. The lowest BCUT2D eigenvalue weighted by atomic mass is 9.83. The van der Waals surface area contributed by atoms with Crippen LogP contribution >= 0.6 is 0 Å². The Morgan fingerprint density at radius 1 is 0.675 bits per heavy atom. The number of benzene rings is 1. The summed E-state index contributed by atoms with van der Waals surface area (Å²) in [4.78, 5) is 24.1. The highest BCUT2D eigenvalue weighted by Crippen LogP contribution is 2.32. The van der Waals surface area contributed by atoms with Gasteiger partial charge in [-0.2, -0.15) is 0 Å². The lowest BCUT2D eigenvalue weighted by Gasteiger charge is -2.29. The average molecular weight is 563 g/mol. The lowest BCUT2D eigenvalue weighted by Crippen LogP contribution is -2.31. The van der Waals surface area contributed by atoms with E-state index < -0.39 is 24.3 Å². The fourth-order valence-corrected chi connectivity index (χ4v) is 6.03. The van der Waals surface area contributed by atoms with E-state index in [0.29, 0.717) is 24.7 Å². The third-order valence-electron chi connectivity index (χ3n) is 9.60. The number of alkyl halides is 2. The Kier molecular flexibility index (Phi) is 13.4. The highest BCUT2D eigenvalue weighted by Gasteiger charge is 2.31. The van der Waals surface area contributed by atoms with Gasteiger partial charge in [-0.3, -0.25) is 0 Å². The molecular weight excluding hydrogens is 510 g/mol. The molecule has 0 radical (unpaired) electrons. The molecule has 0 amide bonds. The standard InChI is InChI=1S/C34H52F2O4/c1-5-23(3)31(35)33(37)39-29-19-15-27(16-20-29)13-11-25-7-9-26(10-8-25)12-14-28-17-21-30(22-18-28)40-34(38)32(36)24(4)6-2/h7-10,23-24,27-32H,5-6,11-22H2,1-4H3. The van der Waals surface area contributed by atoms with Gasteiger partial charge in [0, 0.05) is 0 Å². The molecule has 1 aromatic rings. The van der Waals surface area contributed by atoms with Crippen molar-refractivity contribution in [3.63, 3.8) is 0 Å². The molecule has 0 saturated heterocycles. The summed E-state index contributed by atoms with van der Waals surface area (Å²) >= 11 is 0. The third-order valence-corrected chi connectivity index (χ3v) is 9.60. The summed E-state index contributed by atoms with van der Waals surface area (Å²) in [5.74, 6) is -0.684. The number of halogens is 2. The molecule has 2 saturated carbocycles. The van der Waals surface area contributed by atoms with E-state index in [2.05, 4.69) is 24.3 Å². The molecule has 2 fully saturated rings. The van der Waals surface area contributed by atoms with E-state index in [1.165, 1.54) is 11.1 Å². The molecule has 0 aromatic heterocycles. The molecule has 4 atom stereocenters. The number of carbonyl (C=O) groups is 2. The summed E-state index contributed by atoms with van der Waals surface area (Å²) < 4.78 is 39.1. The average Bonchev–Trinajstić information content (AvgIpc) is 2.99. The molecule has 40 heavy (non-hydrogen) atoms. The quantitative estimate of drug-likeness (QED) is 0.213. The van der Waals surface area contributed by atoms with Gasteiger partial charge in [0.2, 0.25) is 0 Å². The van der Waals surface area contributed by atoms with Crippen molar-refractivity contribution in [2.75, 3.05) is 0 Å². The van der Waals surface area contributed by atoms with Gasteiger partial charge in [-0.1, -0.05) is 64.8 Å². The fraction of sp³-hybridized carbons (Fsp3) is 0.765. The predicted octanol–water partition coefficient (Wildman–Crippen LogP) is 8.52. The molecule has 4 nitrogen and oxygen atoms in total. The number of ether oxygens (including phenoxy) is 2. The highest BCUT2D eigenvalue weighted by molar-refractivity contribution is 5.75. The maximum Gasteiger partial charge on any atom is 0.341 e. The second-order valence-corrected chi connectivity index (χ2v) is 12.6. The molecule has 0 aliphatic heterocycles. The first-order chi connectivity index (χ1) is 19.2. The van der Waals surface area contributed by atoms with Crippen LogP contribution in [0.25, 0.3) is 0 Å². The van der Waals surface area contributed by atoms with Gasteiger partial charge < -0.3 is 9.47 Å². The Balaban J connectivity index is 1.29. The van der Waals surface area contributed by atoms with Gasteiger partial charge in [0.25, 0.3) is 0 Å². The van der Waals surface area contributed by atoms with Crippen molar-refractivity contribution in [3.8, 4) is 0 Å². The smallest absolute Gasteiger partial charge is 0.341 e. The summed E-state index contributed by atoms with van der Waals surface area (Å²) in [7, 11) is 0. The minimum Gasteiger partial charge on any atom is -0.460 e. The summed E-state index contributed by atoms with van der Waals surface area (Å²) in [5, 5.41) is 0. The first kappa shape index (κ1) is 32.5. The van der Waals surface area contributed by atoms with Crippen molar-refractivity contribution in [2.45, 2.75) is 142 Å². The molecule has 1 aromatic carbocycles. The minimum absolute atomic E-state index is 0.132. The summed E-state index contributed by atoms with van der Waals surface area (Å²) in [6.07, 6.45) is 9.81. The third kappa shape index (κ3) is 10.1. The first-order valence-corrected chi connectivity index (χ1v) is 16.0. The Morgan fingerprint density at radius 2 is 1.00 bits per heavy atom. The Hall–Kier alpha value is -1.98. The van der Waals surface area contributed by atoms with Gasteiger partial charge in [-0.15, -0.1) is 0 Å². The zero-order valence-electron chi connectivity index (χ0n) is 25.2. The van der Waals surface area contributed by atoms with Crippen LogP contribution in [0.3, 0.4) is 0 Å². The van der Waals surface area contributed by atoms with E-state index >= 15 is 0 Å². The van der Waals surface area contributed by atoms with Crippen LogP contribution in [0, 0.1) is 23.7 Å². The van der Waals surface area contributed by atoms with Crippen molar-refractivity contribution in [3.05, 3.63) is 35.4 Å². The highest BCUT2D eigenvalue weighted by atomic mass is 19.1. The molecule has 226 valence electrons. The topological polar surface area (TPSA) is 52.6 Å². The van der Waals surface area contributed by atoms with Crippen LogP contribution in [-0.2, 0) is 31.9 Å². The van der Waals surface area contributed by atoms with Crippen molar-refractivity contribution < 1.29 is 27.8 Å². The van der Waals surface area contributed by atoms with Gasteiger partial charge in [-0.25, -0.2) is 18.4 Å². The Labute approximate surface area is 241 Å². The molecule has 0 spiro atoms. The summed E-state index contributed by atoms with van der Waals surface area (Å²) in [5.41, 5.74) is 2.72. The van der Waals surface area contributed by atoms with Gasteiger partial charge in [0.1, 0.15) is 12.2 Å². The van der Waals surface area contributed by atoms with Crippen LogP contribution in [0.15, 0.2) is 24.3 Å². The first-order valence-electron chi connectivity index (χ1n) is 16.0. The molecule has 0 N–H and O–H groups in total. The van der Waals surface area contributed by atoms with E-state index in [1.807, 2.05) is 13.8 Å². The maximum atomic E-state index is 14.1. The van der Waals surface area contributed by atoms with E-state index in [-0.39, 0.29) is 24.0 Å². The maximum absolute atomic E-state index is 14.1. The van der Waals surface area contributed by atoms with Gasteiger partial charge in [0.05, 0.1) is 0 Å². The van der Waals surface area contributed by atoms with Crippen molar-refractivity contribution in [1.29, 1.82) is 0 Å². The van der Waals surface area contributed by atoms with Gasteiger partial charge in [0.15, 0.2) is 12.3 Å². The van der Waals surface area contributed by atoms with E-state index in [4.69, 9.17) is 9.47 Å². The van der Waals surface area contributed by atoms with Crippen molar-refractivity contribution in [1.82, 2.24) is 0 Å². The van der Waals surface area contributed by atoms with Crippen molar-refractivity contribution in [2.24, 2.45) is 23.7 Å². The van der Waals surface area contributed by atoms with E-state index in [1.54, 1.807) is 13.8 Å². The molecule has 0 heterocycles. The molecule has 3 rings (SSSR count). The number of esters is 2. The van der Waals surface area contributed by atoms with Crippen LogP contribution in [0.2, 0.25) is 0 Å². The zero-order chi connectivity index (χ0) is 29.1. The zero-order valence-corrected chi connectivity index (χ0v) is 25.2. The van der Waals surface area contributed by atoms with Crippen LogP contribution in [0.1, 0.15) is 116 Å². The van der Waals surface area contributed by atoms with Crippen molar-refractivity contribution >= 4 is 11.9 Å². The molecule has 2 aliphatic carbocycles. The van der Waals surface area contributed by atoms with Gasteiger partial charge in [-0.05, 0) is 112 Å². The fourth-order valence-electron chi connectivity index (χ4n) is 6.03. The van der Waals surface area contributed by atoms with E-state index in [0.717, 1.165) is 77.0 Å². The molecule has 6 heteroatoms. The summed E-state index contributed by atoms with van der Waals surface area (Å²) in [6.45, 7) is 7.28. The van der Waals surface area contributed by atoms with Gasteiger partial charge >= 0.3 is 11.9 Å². The second kappa shape index (κ2) is 16.5. The minimum atomic E-state index is -1.51. The molecule has 4 unspecified atom stereocenters. The van der Waals surface area contributed by atoms with Crippen LogP contribution in [-0.4, -0.2) is 36.5 Å². The number of rotatable bonds is 14. The Bertz CT molecular complexity index is 815. The number of hydrogen-bond acceptors (Lipinski definition) is 4. The molecule has 2 aliphatic rings. The Morgan fingerprint density at radius 3 is 1.30 bits per heavy atom. The monoisotopic (exact) mass is 562 g/mol. The van der Waals surface area contributed by atoms with Crippen LogP contribution in [0.4, 0.5) is 8.78 Å². The number of carbonyl (C=O) groups excluding carboxylic acids is 2. The lowest BCUT2D eigenvalue weighted by molar-refractivity contribution is -0.160. The number of hydrogen-bond donors (Lipinski definition) is 0. The SMILES string of the molecule is CCC(C)C(F)C(=O)OC1CCC(CCc2ccc(CCC3CCC(OC(=O)C(F)C(C)CC)CC3)cc2)CC1. The summed E-state index contributed by atoms with van der Waals surface area (Å²) in [6, 6.07) is 9.00. The second-order valence-electron chi connectivity index (χ2n) is 12.6. The van der Waals surface area contributed by atoms with Crippen LogP contribution in [0.5, 0.6) is 0 Å². The number of aryl methyl sites for hydroxylation is 2. The predicted molar refractivity (Wildman–Crippen MR) is 155 cm³/mol. The normalized spacial score (nSPS) is 26.4. The van der Waals surface area contributed by atoms with Crippen LogP contribution < -0.4 is 0 Å².